The van der Waals surface area contributed by atoms with Crippen molar-refractivity contribution >= 4 is 45.6 Å². The molecule has 0 spiro atoms. The summed E-state index contributed by atoms with van der Waals surface area (Å²) in [6.45, 7) is 1.35. The van der Waals surface area contributed by atoms with E-state index in [0.717, 1.165) is 0 Å². The summed E-state index contributed by atoms with van der Waals surface area (Å²) in [5, 5.41) is -1.38. The first kappa shape index (κ1) is 20.6. The Balaban J connectivity index is 1.93. The number of halogens is 2. The standard InChI is InChI=1S/C19H14Cl2O6/c1-11(27-19(25)15-7-3-5-13(9-15)17(21)23)10-26-18(24)14-6-2-4-12(8-14)16(20)22/h2-9,11H,10H2,1H3. The molecule has 6 nitrogen and oxygen atoms in total. The molecule has 2 aromatic carbocycles. The Bertz CT molecular complexity index is 893. The van der Waals surface area contributed by atoms with Gasteiger partial charge in [0, 0.05) is 11.1 Å². The molecule has 0 aliphatic carbocycles. The van der Waals surface area contributed by atoms with Crippen LogP contribution in [0.3, 0.4) is 0 Å². The molecular formula is C19H14Cl2O6. The van der Waals surface area contributed by atoms with E-state index >= 15 is 0 Å². The number of hydrogen-bond donors (Lipinski definition) is 0. The molecule has 140 valence electrons. The number of hydrogen-bond acceptors (Lipinski definition) is 6. The molecule has 2 rings (SSSR count). The van der Waals surface area contributed by atoms with Crippen molar-refractivity contribution in [2.24, 2.45) is 0 Å². The highest BCUT2D eigenvalue weighted by molar-refractivity contribution is 6.68. The first-order valence-corrected chi connectivity index (χ1v) is 8.51. The van der Waals surface area contributed by atoms with Crippen LogP contribution < -0.4 is 0 Å². The van der Waals surface area contributed by atoms with Gasteiger partial charge in [0.05, 0.1) is 11.1 Å². The lowest BCUT2D eigenvalue weighted by Crippen LogP contribution is -2.22. The second-order valence-corrected chi connectivity index (χ2v) is 6.21. The topological polar surface area (TPSA) is 86.7 Å². The van der Waals surface area contributed by atoms with Crippen LogP contribution in [0.2, 0.25) is 0 Å². The molecule has 1 atom stereocenters. The molecule has 0 N–H and O–H groups in total. The third-order valence-corrected chi connectivity index (χ3v) is 3.84. The van der Waals surface area contributed by atoms with E-state index in [9.17, 15) is 19.2 Å². The van der Waals surface area contributed by atoms with Crippen LogP contribution in [0.5, 0.6) is 0 Å². The van der Waals surface area contributed by atoms with Gasteiger partial charge in [-0.05, 0) is 54.4 Å². The summed E-state index contributed by atoms with van der Waals surface area (Å²) < 4.78 is 10.3. The van der Waals surface area contributed by atoms with Gasteiger partial charge in [-0.1, -0.05) is 24.3 Å². The molecule has 27 heavy (non-hydrogen) atoms. The van der Waals surface area contributed by atoms with Gasteiger partial charge in [-0.2, -0.15) is 0 Å². The Morgan fingerprint density at radius 1 is 0.815 bits per heavy atom. The minimum absolute atomic E-state index is 0.146. The predicted octanol–water partition coefficient (Wildman–Crippen LogP) is 3.85. The molecule has 0 aliphatic heterocycles. The summed E-state index contributed by atoms with van der Waals surface area (Å²) in [5.41, 5.74) is 0.625. The maximum absolute atomic E-state index is 12.1. The lowest BCUT2D eigenvalue weighted by Gasteiger charge is -2.14. The Hall–Kier alpha value is -2.70. The first-order chi connectivity index (χ1) is 12.8. The van der Waals surface area contributed by atoms with E-state index in [2.05, 4.69) is 0 Å². The van der Waals surface area contributed by atoms with Crippen molar-refractivity contribution in [3.05, 3.63) is 70.8 Å². The van der Waals surface area contributed by atoms with Crippen molar-refractivity contribution in [3.8, 4) is 0 Å². The third kappa shape index (κ3) is 5.91. The maximum Gasteiger partial charge on any atom is 0.338 e. The number of ether oxygens (including phenoxy) is 2. The fraction of sp³-hybridized carbons (Fsp3) is 0.158. The van der Waals surface area contributed by atoms with Gasteiger partial charge in [0.2, 0.25) is 0 Å². The molecule has 0 saturated heterocycles. The normalized spacial score (nSPS) is 11.4. The van der Waals surface area contributed by atoms with Crippen LogP contribution in [0, 0.1) is 0 Å². The molecule has 0 aliphatic rings. The molecule has 0 bridgehead atoms. The van der Waals surface area contributed by atoms with Crippen LogP contribution in [0.25, 0.3) is 0 Å². The van der Waals surface area contributed by atoms with Gasteiger partial charge in [-0.15, -0.1) is 0 Å². The molecular weight excluding hydrogens is 395 g/mol. The summed E-state index contributed by atoms with van der Waals surface area (Å²) in [7, 11) is 0. The Morgan fingerprint density at radius 3 is 1.74 bits per heavy atom. The summed E-state index contributed by atoms with van der Waals surface area (Å²) >= 11 is 10.8. The van der Waals surface area contributed by atoms with E-state index in [-0.39, 0.29) is 28.9 Å². The van der Waals surface area contributed by atoms with E-state index in [1.807, 2.05) is 0 Å². The van der Waals surface area contributed by atoms with Gasteiger partial charge in [0.15, 0.2) is 0 Å². The number of carbonyl (C=O) groups excluding carboxylic acids is 4. The largest absolute Gasteiger partial charge is 0.458 e. The van der Waals surface area contributed by atoms with Gasteiger partial charge >= 0.3 is 11.9 Å². The smallest absolute Gasteiger partial charge is 0.338 e. The maximum atomic E-state index is 12.1. The SMILES string of the molecule is CC(COC(=O)c1cccc(C(=O)Cl)c1)OC(=O)c1cccc(C(=O)Cl)c1. The second kappa shape index (κ2) is 9.30. The molecule has 1 unspecified atom stereocenters. The van der Waals surface area contributed by atoms with Crippen LogP contribution >= 0.6 is 23.2 Å². The van der Waals surface area contributed by atoms with Gasteiger partial charge in [-0.25, -0.2) is 9.59 Å². The second-order valence-electron chi connectivity index (χ2n) is 5.52. The highest BCUT2D eigenvalue weighted by Crippen LogP contribution is 2.12. The highest BCUT2D eigenvalue weighted by Gasteiger charge is 2.16. The van der Waals surface area contributed by atoms with Gasteiger partial charge in [0.25, 0.3) is 10.5 Å². The Labute approximate surface area is 165 Å². The fourth-order valence-corrected chi connectivity index (χ4v) is 2.33. The number of benzene rings is 2. The quantitative estimate of drug-likeness (QED) is 0.510. The van der Waals surface area contributed by atoms with Crippen molar-refractivity contribution in [1.82, 2.24) is 0 Å². The Kier molecular flexibility index (Phi) is 7.10. The zero-order chi connectivity index (χ0) is 20.0. The molecule has 0 fully saturated rings. The molecule has 2 aromatic rings. The fourth-order valence-electron chi connectivity index (χ4n) is 2.10. The van der Waals surface area contributed by atoms with Crippen LogP contribution in [0.4, 0.5) is 0 Å². The summed E-state index contributed by atoms with van der Waals surface area (Å²) in [4.78, 5) is 46.4. The van der Waals surface area contributed by atoms with Gasteiger partial charge in [-0.3, -0.25) is 9.59 Å². The zero-order valence-electron chi connectivity index (χ0n) is 14.1. The van der Waals surface area contributed by atoms with Crippen molar-refractivity contribution in [2.45, 2.75) is 13.0 Å². The number of rotatable bonds is 7. The number of esters is 2. The van der Waals surface area contributed by atoms with E-state index in [1.54, 1.807) is 6.92 Å². The van der Waals surface area contributed by atoms with E-state index < -0.39 is 28.5 Å². The molecule has 0 amide bonds. The Morgan fingerprint density at radius 2 is 1.26 bits per heavy atom. The third-order valence-electron chi connectivity index (χ3n) is 3.41. The van der Waals surface area contributed by atoms with Crippen LogP contribution in [0.15, 0.2) is 48.5 Å². The average molecular weight is 409 g/mol. The molecule has 0 saturated carbocycles. The molecule has 0 heterocycles. The van der Waals surface area contributed by atoms with Crippen molar-refractivity contribution in [1.29, 1.82) is 0 Å². The summed E-state index contributed by atoms with van der Waals surface area (Å²) in [5.74, 6) is -1.37. The molecule has 0 radical (unpaired) electrons. The van der Waals surface area contributed by atoms with Gasteiger partial charge < -0.3 is 9.47 Å². The van der Waals surface area contributed by atoms with E-state index in [4.69, 9.17) is 32.7 Å². The van der Waals surface area contributed by atoms with E-state index in [0.29, 0.717) is 0 Å². The van der Waals surface area contributed by atoms with E-state index in [1.165, 1.54) is 48.5 Å². The van der Waals surface area contributed by atoms with Crippen molar-refractivity contribution in [2.75, 3.05) is 6.61 Å². The molecule has 0 aromatic heterocycles. The highest BCUT2D eigenvalue weighted by atomic mass is 35.5. The monoisotopic (exact) mass is 408 g/mol. The lowest BCUT2D eigenvalue weighted by molar-refractivity contribution is 0.00447. The van der Waals surface area contributed by atoms with Crippen LogP contribution in [-0.2, 0) is 9.47 Å². The van der Waals surface area contributed by atoms with Crippen LogP contribution in [0.1, 0.15) is 48.4 Å². The first-order valence-electron chi connectivity index (χ1n) is 7.76. The van der Waals surface area contributed by atoms with Crippen LogP contribution in [-0.4, -0.2) is 35.1 Å². The average Bonchev–Trinajstić information content (AvgIpc) is 2.66. The summed E-state index contributed by atoms with van der Waals surface area (Å²) in [6.07, 6.45) is -0.741. The van der Waals surface area contributed by atoms with Crippen molar-refractivity contribution in [3.63, 3.8) is 0 Å². The number of carbonyl (C=O) groups is 4. The minimum atomic E-state index is -0.741. The lowest BCUT2D eigenvalue weighted by atomic mass is 10.1. The molecule has 8 heteroatoms. The zero-order valence-corrected chi connectivity index (χ0v) is 15.6. The predicted molar refractivity (Wildman–Crippen MR) is 98.4 cm³/mol. The minimum Gasteiger partial charge on any atom is -0.458 e. The van der Waals surface area contributed by atoms with Crippen molar-refractivity contribution < 1.29 is 28.7 Å². The summed E-state index contributed by atoms with van der Waals surface area (Å²) in [6, 6.07) is 11.5. The van der Waals surface area contributed by atoms with Gasteiger partial charge in [0.1, 0.15) is 12.7 Å².